The number of hydrogen-bond acceptors (Lipinski definition) is 0. The highest BCUT2D eigenvalue weighted by Gasteiger charge is 2.18. The monoisotopic (exact) mass is 262 g/mol. The van der Waals surface area contributed by atoms with Gasteiger partial charge in [0.05, 0.1) is 0 Å². The zero-order valence-corrected chi connectivity index (χ0v) is 12.0. The molecule has 0 saturated heterocycles. The zero-order valence-electron chi connectivity index (χ0n) is 12.0. The van der Waals surface area contributed by atoms with Crippen LogP contribution in [0, 0.1) is 0 Å². The smallest absolute Gasteiger partial charge is 0.00454 e. The van der Waals surface area contributed by atoms with Crippen LogP contribution in [-0.4, -0.2) is 0 Å². The Hall–Kier alpha value is -1.82. The van der Waals surface area contributed by atoms with E-state index in [-0.39, 0.29) is 0 Å². The van der Waals surface area contributed by atoms with E-state index < -0.39 is 0 Å². The van der Waals surface area contributed by atoms with E-state index in [0.717, 1.165) is 6.42 Å². The molecule has 0 nitrogen and oxygen atoms in total. The lowest BCUT2D eigenvalue weighted by Crippen LogP contribution is -2.07. The van der Waals surface area contributed by atoms with Gasteiger partial charge in [0.2, 0.25) is 0 Å². The van der Waals surface area contributed by atoms with Crippen LogP contribution in [0.1, 0.15) is 48.3 Å². The Bertz CT molecular complexity index is 563. The second-order valence-electron chi connectivity index (χ2n) is 5.86. The standard InChI is InChI=1S/C20H22/c1-16-7-5-6-10-20(16)19-13-11-18(12-14-19)15-17-8-3-2-4-9-17/h2-4,8-9,11-14,20H,1,5-7,10,15H2. The summed E-state index contributed by atoms with van der Waals surface area (Å²) in [6, 6.07) is 19.8. The first-order valence-electron chi connectivity index (χ1n) is 7.63. The van der Waals surface area contributed by atoms with E-state index >= 15 is 0 Å². The van der Waals surface area contributed by atoms with E-state index in [2.05, 4.69) is 61.2 Å². The molecule has 1 aliphatic rings. The van der Waals surface area contributed by atoms with E-state index in [4.69, 9.17) is 0 Å². The van der Waals surface area contributed by atoms with Crippen molar-refractivity contribution in [3.05, 3.63) is 83.4 Å². The summed E-state index contributed by atoms with van der Waals surface area (Å²) < 4.78 is 0. The van der Waals surface area contributed by atoms with Crippen LogP contribution in [0.15, 0.2) is 66.7 Å². The molecule has 1 fully saturated rings. The van der Waals surface area contributed by atoms with Crippen LogP contribution in [0.3, 0.4) is 0 Å². The van der Waals surface area contributed by atoms with E-state index in [0.29, 0.717) is 5.92 Å². The fraction of sp³-hybridized carbons (Fsp3) is 0.300. The molecule has 0 heteroatoms. The maximum Gasteiger partial charge on any atom is 0.00454 e. The fourth-order valence-electron chi connectivity index (χ4n) is 3.18. The van der Waals surface area contributed by atoms with Gasteiger partial charge in [-0.1, -0.05) is 73.2 Å². The van der Waals surface area contributed by atoms with Crippen LogP contribution in [0.25, 0.3) is 0 Å². The van der Waals surface area contributed by atoms with Crippen molar-refractivity contribution in [3.63, 3.8) is 0 Å². The summed E-state index contributed by atoms with van der Waals surface area (Å²) in [4.78, 5) is 0. The predicted molar refractivity (Wildman–Crippen MR) is 86.0 cm³/mol. The van der Waals surface area contributed by atoms with Crippen molar-refractivity contribution in [2.24, 2.45) is 0 Å². The average Bonchev–Trinajstić information content (AvgIpc) is 2.50. The van der Waals surface area contributed by atoms with Gasteiger partial charge in [-0.05, 0) is 42.4 Å². The summed E-state index contributed by atoms with van der Waals surface area (Å²) in [6.07, 6.45) is 6.16. The van der Waals surface area contributed by atoms with E-state index in [1.165, 1.54) is 47.9 Å². The molecule has 1 aliphatic carbocycles. The number of rotatable bonds is 3. The third-order valence-corrected chi connectivity index (χ3v) is 4.37. The molecule has 0 radical (unpaired) electrons. The largest absolute Gasteiger partial charge is 0.0992 e. The normalized spacial score (nSPS) is 19.0. The lowest BCUT2D eigenvalue weighted by atomic mass is 9.80. The molecule has 2 aromatic carbocycles. The molecule has 1 atom stereocenters. The van der Waals surface area contributed by atoms with Gasteiger partial charge < -0.3 is 0 Å². The van der Waals surface area contributed by atoms with Crippen LogP contribution in [-0.2, 0) is 6.42 Å². The highest BCUT2D eigenvalue weighted by atomic mass is 14.2. The van der Waals surface area contributed by atoms with Gasteiger partial charge in [0.25, 0.3) is 0 Å². The molecule has 0 heterocycles. The van der Waals surface area contributed by atoms with Gasteiger partial charge in [-0.2, -0.15) is 0 Å². The number of hydrogen-bond donors (Lipinski definition) is 0. The summed E-state index contributed by atoms with van der Waals surface area (Å²) in [5.74, 6) is 0.592. The maximum atomic E-state index is 4.26. The quantitative estimate of drug-likeness (QED) is 0.641. The van der Waals surface area contributed by atoms with Crippen LogP contribution in [0.5, 0.6) is 0 Å². The molecule has 1 saturated carbocycles. The van der Waals surface area contributed by atoms with Gasteiger partial charge in [0.15, 0.2) is 0 Å². The van der Waals surface area contributed by atoms with Crippen molar-refractivity contribution in [3.8, 4) is 0 Å². The highest BCUT2D eigenvalue weighted by Crippen LogP contribution is 2.36. The summed E-state index contributed by atoms with van der Waals surface area (Å²) >= 11 is 0. The Labute approximate surface area is 122 Å². The topological polar surface area (TPSA) is 0 Å². The minimum absolute atomic E-state index is 0.592. The molecular weight excluding hydrogens is 240 g/mol. The lowest BCUT2D eigenvalue weighted by molar-refractivity contribution is 0.542. The first-order chi connectivity index (χ1) is 9.83. The SMILES string of the molecule is C=C1CCCCC1c1ccc(Cc2ccccc2)cc1. The third kappa shape index (κ3) is 3.01. The van der Waals surface area contributed by atoms with E-state index in [1.807, 2.05) is 0 Å². The molecule has 0 amide bonds. The predicted octanol–water partition coefficient (Wildman–Crippen LogP) is 5.49. The first-order valence-corrected chi connectivity index (χ1v) is 7.63. The molecule has 2 aromatic rings. The maximum absolute atomic E-state index is 4.26. The van der Waals surface area contributed by atoms with Gasteiger partial charge in [-0.3, -0.25) is 0 Å². The molecule has 0 bridgehead atoms. The fourth-order valence-corrected chi connectivity index (χ4v) is 3.18. The molecule has 0 spiro atoms. The summed E-state index contributed by atoms with van der Waals surface area (Å²) in [7, 11) is 0. The molecule has 3 rings (SSSR count). The average molecular weight is 262 g/mol. The zero-order chi connectivity index (χ0) is 13.8. The van der Waals surface area contributed by atoms with Crippen molar-refractivity contribution in [1.29, 1.82) is 0 Å². The summed E-state index contributed by atoms with van der Waals surface area (Å²) in [5.41, 5.74) is 5.64. The molecule has 102 valence electrons. The van der Waals surface area contributed by atoms with Crippen LogP contribution < -0.4 is 0 Å². The Balaban J connectivity index is 1.72. The third-order valence-electron chi connectivity index (χ3n) is 4.37. The lowest BCUT2D eigenvalue weighted by Gasteiger charge is -2.25. The van der Waals surface area contributed by atoms with Crippen molar-refractivity contribution in [2.45, 2.75) is 38.0 Å². The molecular formula is C20H22. The van der Waals surface area contributed by atoms with Crippen LogP contribution in [0.2, 0.25) is 0 Å². The Morgan fingerprint density at radius 1 is 0.850 bits per heavy atom. The molecule has 0 aliphatic heterocycles. The summed E-state index contributed by atoms with van der Waals surface area (Å²) in [6.45, 7) is 4.26. The van der Waals surface area contributed by atoms with Crippen LogP contribution >= 0.6 is 0 Å². The van der Waals surface area contributed by atoms with Gasteiger partial charge in [0.1, 0.15) is 0 Å². The Kier molecular flexibility index (Phi) is 4.01. The van der Waals surface area contributed by atoms with Crippen molar-refractivity contribution in [2.75, 3.05) is 0 Å². The summed E-state index contributed by atoms with van der Waals surface area (Å²) in [5, 5.41) is 0. The van der Waals surface area contributed by atoms with Crippen molar-refractivity contribution in [1.82, 2.24) is 0 Å². The molecule has 20 heavy (non-hydrogen) atoms. The van der Waals surface area contributed by atoms with Gasteiger partial charge >= 0.3 is 0 Å². The minimum Gasteiger partial charge on any atom is -0.0992 e. The van der Waals surface area contributed by atoms with Gasteiger partial charge in [-0.15, -0.1) is 0 Å². The van der Waals surface area contributed by atoms with E-state index in [1.54, 1.807) is 0 Å². The van der Waals surface area contributed by atoms with Gasteiger partial charge in [-0.25, -0.2) is 0 Å². The number of allylic oxidation sites excluding steroid dienone is 1. The highest BCUT2D eigenvalue weighted by molar-refractivity contribution is 5.33. The second kappa shape index (κ2) is 6.09. The van der Waals surface area contributed by atoms with Gasteiger partial charge in [0, 0.05) is 5.92 Å². The molecule has 1 unspecified atom stereocenters. The molecule has 0 N–H and O–H groups in total. The number of benzene rings is 2. The van der Waals surface area contributed by atoms with E-state index in [9.17, 15) is 0 Å². The Morgan fingerprint density at radius 3 is 2.25 bits per heavy atom. The minimum atomic E-state index is 0.592. The Morgan fingerprint density at radius 2 is 1.55 bits per heavy atom. The van der Waals surface area contributed by atoms with Crippen molar-refractivity contribution < 1.29 is 0 Å². The molecule has 0 aromatic heterocycles. The van der Waals surface area contributed by atoms with Crippen LogP contribution in [0.4, 0.5) is 0 Å². The first kappa shape index (κ1) is 13.2. The second-order valence-corrected chi connectivity index (χ2v) is 5.86. The van der Waals surface area contributed by atoms with Crippen molar-refractivity contribution >= 4 is 0 Å².